The van der Waals surface area contributed by atoms with Crippen LogP contribution in [0.1, 0.15) is 41.7 Å². The number of aliphatic hydroxyl groups is 1. The van der Waals surface area contributed by atoms with E-state index >= 15 is 0 Å². The van der Waals surface area contributed by atoms with Gasteiger partial charge in [0.25, 0.3) is 5.91 Å². The number of likely N-dealkylation sites (tertiary alicyclic amines) is 1. The molecule has 2 heterocycles. The molecule has 2 fully saturated rings. The van der Waals surface area contributed by atoms with Crippen molar-refractivity contribution in [1.82, 2.24) is 9.88 Å². The summed E-state index contributed by atoms with van der Waals surface area (Å²) in [6.45, 7) is 1.99. The Hall–Kier alpha value is -2.54. The molecule has 2 atom stereocenters. The summed E-state index contributed by atoms with van der Waals surface area (Å²) >= 11 is 0. The fourth-order valence-electron chi connectivity index (χ4n) is 4.27. The first-order valence-electron chi connectivity index (χ1n) is 9.58. The van der Waals surface area contributed by atoms with Crippen molar-refractivity contribution in [2.45, 2.75) is 38.7 Å². The number of aliphatic hydroxyl groups excluding tert-OH is 1. The molecule has 148 valence electrons. The second kappa shape index (κ2) is 6.81. The van der Waals surface area contributed by atoms with Gasteiger partial charge in [-0.1, -0.05) is 12.8 Å². The molecular formula is C21H23FN2O4. The number of hydrogen-bond donors (Lipinski definition) is 2. The second-order valence-electron chi connectivity index (χ2n) is 8.11. The normalized spacial score (nSPS) is 25.1. The maximum absolute atomic E-state index is 13.6. The molecule has 2 aliphatic rings. The van der Waals surface area contributed by atoms with E-state index in [2.05, 4.69) is 4.98 Å². The molecule has 7 heteroatoms. The van der Waals surface area contributed by atoms with Gasteiger partial charge in [0.15, 0.2) is 0 Å². The third kappa shape index (κ3) is 3.24. The molecule has 2 N–H and O–H groups in total. The molecule has 1 saturated carbocycles. The van der Waals surface area contributed by atoms with Crippen molar-refractivity contribution < 1.29 is 24.2 Å². The maximum Gasteiger partial charge on any atom is 0.314 e. The number of carboxylic acid groups (broad SMARTS) is 1. The van der Waals surface area contributed by atoms with E-state index < -0.39 is 23.3 Å². The molecule has 1 amide bonds. The summed E-state index contributed by atoms with van der Waals surface area (Å²) in [6.07, 6.45) is 1.57. The molecule has 1 aliphatic heterocycles. The lowest BCUT2D eigenvalue weighted by molar-refractivity contribution is -0.163. The largest absolute Gasteiger partial charge is 0.481 e. The highest BCUT2D eigenvalue weighted by molar-refractivity contribution is 6.06. The minimum atomic E-state index is -1.33. The number of carboxylic acids is 1. The summed E-state index contributed by atoms with van der Waals surface area (Å²) in [4.78, 5) is 31.2. The highest BCUT2D eigenvalue weighted by Gasteiger charge is 2.52. The predicted octanol–water partition coefficient (Wildman–Crippen LogP) is 2.76. The number of fused-ring (bicyclic) bond motifs is 1. The van der Waals surface area contributed by atoms with Gasteiger partial charge in [-0.25, -0.2) is 4.39 Å². The Morgan fingerprint density at radius 1 is 1.29 bits per heavy atom. The first kappa shape index (κ1) is 18.8. The fourth-order valence-corrected chi connectivity index (χ4v) is 4.27. The van der Waals surface area contributed by atoms with Crippen LogP contribution >= 0.6 is 0 Å². The van der Waals surface area contributed by atoms with Crippen LogP contribution in [-0.2, 0) is 4.79 Å². The summed E-state index contributed by atoms with van der Waals surface area (Å²) in [5.41, 5.74) is 0.0208. The number of aliphatic carboxylic acids is 1. The first-order valence-corrected chi connectivity index (χ1v) is 9.58. The molecule has 0 radical (unpaired) electrons. The zero-order valence-corrected chi connectivity index (χ0v) is 15.7. The number of pyridine rings is 1. The van der Waals surface area contributed by atoms with Crippen LogP contribution in [0.3, 0.4) is 0 Å². The lowest BCUT2D eigenvalue weighted by Gasteiger charge is -2.43. The Kier molecular flexibility index (Phi) is 4.57. The molecule has 1 saturated heterocycles. The number of amides is 1. The maximum atomic E-state index is 13.6. The number of hydrogen-bond acceptors (Lipinski definition) is 4. The van der Waals surface area contributed by atoms with E-state index in [1.165, 1.54) is 23.1 Å². The first-order chi connectivity index (χ1) is 13.3. The van der Waals surface area contributed by atoms with Gasteiger partial charge in [-0.2, -0.15) is 0 Å². The number of benzene rings is 1. The van der Waals surface area contributed by atoms with Crippen molar-refractivity contribution in [3.63, 3.8) is 0 Å². The summed E-state index contributed by atoms with van der Waals surface area (Å²) in [6, 6.07) is 5.74. The van der Waals surface area contributed by atoms with Crippen LogP contribution in [0, 0.1) is 24.1 Å². The van der Waals surface area contributed by atoms with Crippen LogP contribution in [0.2, 0.25) is 0 Å². The Morgan fingerprint density at radius 2 is 2.04 bits per heavy atom. The van der Waals surface area contributed by atoms with Gasteiger partial charge in [0.1, 0.15) is 11.2 Å². The topological polar surface area (TPSA) is 90.7 Å². The van der Waals surface area contributed by atoms with Crippen LogP contribution in [0.4, 0.5) is 4.39 Å². The van der Waals surface area contributed by atoms with Crippen LogP contribution < -0.4 is 0 Å². The number of aryl methyl sites for hydroxylation is 1. The zero-order chi connectivity index (χ0) is 20.1. The standard InChI is InChI=1S/C21H23FN2O4/c1-12-8-16(15-5-4-14(22)9-17(15)23-12)19(26)24-7-6-18(25)21(11-24,20(27)28)10-13-2-3-13/h4-5,8-9,13,18,25H,2-3,6-7,10-11H2,1H3,(H,27,28)/t18-,21+/m0/s1. The predicted molar refractivity (Wildman–Crippen MR) is 100 cm³/mol. The number of halogens is 1. The third-order valence-corrected chi connectivity index (χ3v) is 5.98. The average Bonchev–Trinajstić information content (AvgIpc) is 3.45. The number of aromatic nitrogens is 1. The molecule has 0 bridgehead atoms. The van der Waals surface area contributed by atoms with Crippen LogP contribution in [-0.4, -0.2) is 51.2 Å². The van der Waals surface area contributed by atoms with Gasteiger partial charge in [0, 0.05) is 30.2 Å². The van der Waals surface area contributed by atoms with Crippen LogP contribution in [0.5, 0.6) is 0 Å². The van der Waals surface area contributed by atoms with Crippen molar-refractivity contribution >= 4 is 22.8 Å². The monoisotopic (exact) mass is 386 g/mol. The lowest BCUT2D eigenvalue weighted by Crippen LogP contribution is -2.57. The molecule has 2 aromatic rings. The number of carbonyl (C=O) groups is 2. The molecule has 4 rings (SSSR count). The van der Waals surface area contributed by atoms with Crippen molar-refractivity contribution in [3.8, 4) is 0 Å². The van der Waals surface area contributed by atoms with E-state index in [1.54, 1.807) is 13.0 Å². The van der Waals surface area contributed by atoms with E-state index in [0.717, 1.165) is 12.8 Å². The third-order valence-electron chi connectivity index (χ3n) is 5.98. The van der Waals surface area contributed by atoms with Gasteiger partial charge in [-0.3, -0.25) is 14.6 Å². The summed E-state index contributed by atoms with van der Waals surface area (Å²) in [7, 11) is 0. The SMILES string of the molecule is Cc1cc(C(=O)N2CC[C@H](O)[C@](CC3CC3)(C(=O)O)C2)c2ccc(F)cc2n1. The average molecular weight is 386 g/mol. The Bertz CT molecular complexity index is 954. The zero-order valence-electron chi connectivity index (χ0n) is 15.7. The number of carbonyl (C=O) groups excluding carboxylic acids is 1. The van der Waals surface area contributed by atoms with E-state index in [1.807, 2.05) is 0 Å². The van der Waals surface area contributed by atoms with Gasteiger partial charge in [-0.05, 0) is 43.9 Å². The van der Waals surface area contributed by atoms with E-state index in [-0.39, 0.29) is 25.4 Å². The summed E-state index contributed by atoms with van der Waals surface area (Å²) < 4.78 is 13.6. The van der Waals surface area contributed by atoms with Gasteiger partial charge >= 0.3 is 5.97 Å². The molecule has 1 aromatic heterocycles. The van der Waals surface area contributed by atoms with Crippen molar-refractivity contribution in [2.75, 3.05) is 13.1 Å². The molecule has 0 unspecified atom stereocenters. The van der Waals surface area contributed by atoms with E-state index in [9.17, 15) is 24.2 Å². The molecule has 1 aliphatic carbocycles. The number of piperidine rings is 1. The van der Waals surface area contributed by atoms with Gasteiger partial charge in [0.2, 0.25) is 0 Å². The number of nitrogens with zero attached hydrogens (tertiary/aromatic N) is 2. The molecule has 1 aromatic carbocycles. The van der Waals surface area contributed by atoms with Gasteiger partial charge in [0.05, 0.1) is 17.2 Å². The molecule has 0 spiro atoms. The number of rotatable bonds is 4. The van der Waals surface area contributed by atoms with Gasteiger partial charge < -0.3 is 15.1 Å². The van der Waals surface area contributed by atoms with E-state index in [0.29, 0.717) is 34.5 Å². The van der Waals surface area contributed by atoms with E-state index in [4.69, 9.17) is 0 Å². The van der Waals surface area contributed by atoms with Gasteiger partial charge in [-0.15, -0.1) is 0 Å². The van der Waals surface area contributed by atoms with Crippen molar-refractivity contribution in [2.24, 2.45) is 11.3 Å². The Morgan fingerprint density at radius 3 is 2.71 bits per heavy atom. The lowest BCUT2D eigenvalue weighted by atomic mass is 9.73. The quantitative estimate of drug-likeness (QED) is 0.843. The minimum absolute atomic E-state index is 0.0249. The highest BCUT2D eigenvalue weighted by atomic mass is 19.1. The Balaban J connectivity index is 1.70. The smallest absolute Gasteiger partial charge is 0.314 e. The van der Waals surface area contributed by atoms with Crippen molar-refractivity contribution in [1.29, 1.82) is 0 Å². The highest BCUT2D eigenvalue weighted by Crippen LogP contribution is 2.45. The molecule has 28 heavy (non-hydrogen) atoms. The van der Waals surface area contributed by atoms with Crippen molar-refractivity contribution in [3.05, 3.63) is 41.3 Å². The Labute approximate surface area is 162 Å². The second-order valence-corrected chi connectivity index (χ2v) is 8.11. The fraction of sp³-hybridized carbons (Fsp3) is 0.476. The van der Waals surface area contributed by atoms with Crippen LogP contribution in [0.15, 0.2) is 24.3 Å². The van der Waals surface area contributed by atoms with Crippen LogP contribution in [0.25, 0.3) is 10.9 Å². The molecule has 6 nitrogen and oxygen atoms in total. The minimum Gasteiger partial charge on any atom is -0.481 e. The summed E-state index contributed by atoms with van der Waals surface area (Å²) in [5, 5.41) is 20.9. The molecular weight excluding hydrogens is 363 g/mol. The summed E-state index contributed by atoms with van der Waals surface area (Å²) in [5.74, 6) is -1.50.